The smallest absolute Gasteiger partial charge is 0.231 e. The van der Waals surface area contributed by atoms with Crippen molar-refractivity contribution in [1.82, 2.24) is 19.8 Å². The number of fused-ring (bicyclic) bond motifs is 2. The molecule has 1 amide bonds. The minimum Gasteiger partial charge on any atom is -0.384 e. The van der Waals surface area contributed by atoms with Crippen LogP contribution in [0.2, 0.25) is 5.02 Å². The number of pyridine rings is 1. The van der Waals surface area contributed by atoms with Crippen LogP contribution in [0.25, 0.3) is 27.5 Å². The molecule has 3 aromatic heterocycles. The predicted octanol–water partition coefficient (Wildman–Crippen LogP) is 4.72. The van der Waals surface area contributed by atoms with Crippen LogP contribution in [-0.4, -0.2) is 45.6 Å². The average molecular weight is 460 g/mol. The summed E-state index contributed by atoms with van der Waals surface area (Å²) in [5.41, 5.74) is 2.83. The fraction of sp³-hybridized carbons (Fsp3) is 0.318. The second-order valence-electron chi connectivity index (χ2n) is 8.09. The topological polar surface area (TPSA) is 84.3 Å². The van der Waals surface area contributed by atoms with E-state index < -0.39 is 17.9 Å². The van der Waals surface area contributed by atoms with Crippen LogP contribution in [-0.2, 0) is 9.53 Å². The van der Waals surface area contributed by atoms with Crippen LogP contribution in [0.4, 0.5) is 14.6 Å². The zero-order valence-electron chi connectivity index (χ0n) is 17.3. The normalized spacial score (nSPS) is 18.9. The first kappa shape index (κ1) is 20.8. The van der Waals surface area contributed by atoms with Gasteiger partial charge < -0.3 is 10.1 Å². The summed E-state index contributed by atoms with van der Waals surface area (Å²) in [5.74, 6) is -1.42. The fourth-order valence-corrected chi connectivity index (χ4v) is 4.39. The van der Waals surface area contributed by atoms with Crippen LogP contribution in [0, 0.1) is 11.7 Å². The number of halogens is 3. The highest BCUT2D eigenvalue weighted by Crippen LogP contribution is 2.41. The Morgan fingerprint density at radius 1 is 1.47 bits per heavy atom. The molecule has 3 heterocycles. The molecule has 1 aromatic carbocycles. The SMILES string of the molecule is COCC(C)c1c(F)c(Cl)c(-c2ccn3nc(NC(=O)[C@@H]4C[C@@H]4F)cc3c2)c2cn[nH]c12. The van der Waals surface area contributed by atoms with Crippen molar-refractivity contribution in [3.63, 3.8) is 0 Å². The highest BCUT2D eigenvalue weighted by Gasteiger charge is 2.43. The number of hydrogen-bond donors (Lipinski definition) is 2. The maximum absolute atomic E-state index is 15.4. The summed E-state index contributed by atoms with van der Waals surface area (Å²) >= 11 is 6.52. The van der Waals surface area contributed by atoms with Crippen LogP contribution in [0.5, 0.6) is 0 Å². The van der Waals surface area contributed by atoms with Crippen molar-refractivity contribution in [3.8, 4) is 11.1 Å². The van der Waals surface area contributed by atoms with Gasteiger partial charge in [-0.3, -0.25) is 9.89 Å². The largest absolute Gasteiger partial charge is 0.384 e. The third-order valence-corrected chi connectivity index (χ3v) is 6.14. The number of ether oxygens (including phenoxy) is 1. The Kier molecular flexibility index (Phi) is 5.10. The molecule has 0 spiro atoms. The van der Waals surface area contributed by atoms with Gasteiger partial charge in [-0.05, 0) is 24.1 Å². The van der Waals surface area contributed by atoms with E-state index in [1.807, 2.05) is 6.92 Å². The van der Waals surface area contributed by atoms with E-state index in [0.717, 1.165) is 0 Å². The van der Waals surface area contributed by atoms with Gasteiger partial charge in [0.15, 0.2) is 5.82 Å². The van der Waals surface area contributed by atoms with Crippen LogP contribution in [0.15, 0.2) is 30.6 Å². The summed E-state index contributed by atoms with van der Waals surface area (Å²) in [6.07, 6.45) is 2.47. The molecule has 0 bridgehead atoms. The number of H-pyrrole nitrogens is 1. The molecule has 1 aliphatic rings. The zero-order chi connectivity index (χ0) is 22.6. The van der Waals surface area contributed by atoms with Crippen molar-refractivity contribution in [3.05, 3.63) is 47.0 Å². The van der Waals surface area contributed by atoms with Crippen molar-refractivity contribution in [2.24, 2.45) is 5.92 Å². The minimum absolute atomic E-state index is 0.00281. The second kappa shape index (κ2) is 7.83. The monoisotopic (exact) mass is 459 g/mol. The van der Waals surface area contributed by atoms with E-state index >= 15 is 4.39 Å². The number of methoxy groups -OCH3 is 1. The molecular formula is C22H20ClF2N5O2. The predicted molar refractivity (Wildman–Crippen MR) is 117 cm³/mol. The summed E-state index contributed by atoms with van der Waals surface area (Å²) < 4.78 is 35.3. The number of alkyl halides is 1. The lowest BCUT2D eigenvalue weighted by Gasteiger charge is -2.17. The van der Waals surface area contributed by atoms with Crippen LogP contribution in [0.1, 0.15) is 24.8 Å². The molecule has 3 atom stereocenters. The van der Waals surface area contributed by atoms with E-state index in [1.54, 1.807) is 42.2 Å². The van der Waals surface area contributed by atoms with Crippen molar-refractivity contribution in [1.29, 1.82) is 0 Å². The van der Waals surface area contributed by atoms with E-state index in [4.69, 9.17) is 16.3 Å². The molecule has 7 nitrogen and oxygen atoms in total. The van der Waals surface area contributed by atoms with Gasteiger partial charge in [-0.1, -0.05) is 18.5 Å². The summed E-state index contributed by atoms with van der Waals surface area (Å²) in [4.78, 5) is 12.0. The number of nitrogens with one attached hydrogen (secondary N) is 2. The summed E-state index contributed by atoms with van der Waals surface area (Å²) in [6, 6.07) is 5.22. The average Bonchev–Trinajstić information content (AvgIpc) is 3.12. The molecule has 0 aliphatic heterocycles. The van der Waals surface area contributed by atoms with Gasteiger partial charge in [-0.2, -0.15) is 10.2 Å². The molecule has 1 fully saturated rings. The lowest BCUT2D eigenvalue weighted by atomic mass is 9.93. The number of carbonyl (C=O) groups is 1. The number of aromatic nitrogens is 4. The molecule has 0 radical (unpaired) electrons. The van der Waals surface area contributed by atoms with Crippen molar-refractivity contribution >= 4 is 39.7 Å². The number of anilines is 1. The summed E-state index contributed by atoms with van der Waals surface area (Å²) in [5, 5.41) is 14.6. The lowest BCUT2D eigenvalue weighted by Crippen LogP contribution is -2.15. The van der Waals surface area contributed by atoms with E-state index in [-0.39, 0.29) is 23.3 Å². The van der Waals surface area contributed by atoms with Gasteiger partial charge >= 0.3 is 0 Å². The Morgan fingerprint density at radius 3 is 2.97 bits per heavy atom. The van der Waals surface area contributed by atoms with Gasteiger partial charge in [0.2, 0.25) is 5.91 Å². The van der Waals surface area contributed by atoms with Crippen LogP contribution >= 0.6 is 11.6 Å². The second-order valence-corrected chi connectivity index (χ2v) is 8.47. The third kappa shape index (κ3) is 3.41. The van der Waals surface area contributed by atoms with Crippen molar-refractivity contribution in [2.45, 2.75) is 25.4 Å². The lowest BCUT2D eigenvalue weighted by molar-refractivity contribution is -0.117. The van der Waals surface area contributed by atoms with E-state index in [0.29, 0.717) is 45.5 Å². The molecule has 4 aromatic rings. The van der Waals surface area contributed by atoms with Gasteiger partial charge in [0.05, 0.1) is 34.8 Å². The van der Waals surface area contributed by atoms with E-state index in [2.05, 4.69) is 20.6 Å². The number of rotatable bonds is 6. The molecule has 1 unspecified atom stereocenters. The van der Waals surface area contributed by atoms with Crippen LogP contribution < -0.4 is 5.32 Å². The summed E-state index contributed by atoms with van der Waals surface area (Å²) in [7, 11) is 1.56. The first-order valence-corrected chi connectivity index (χ1v) is 10.5. The third-order valence-electron chi connectivity index (χ3n) is 5.79. The Balaban J connectivity index is 1.57. The van der Waals surface area contributed by atoms with E-state index in [9.17, 15) is 9.18 Å². The molecule has 166 valence electrons. The van der Waals surface area contributed by atoms with Crippen molar-refractivity contribution in [2.75, 3.05) is 19.0 Å². The minimum atomic E-state index is -1.08. The quantitative estimate of drug-likeness (QED) is 0.437. The molecule has 0 saturated heterocycles. The van der Waals surface area contributed by atoms with Crippen molar-refractivity contribution < 1.29 is 18.3 Å². The zero-order valence-corrected chi connectivity index (χ0v) is 18.1. The molecule has 10 heteroatoms. The first-order valence-electron chi connectivity index (χ1n) is 10.2. The summed E-state index contributed by atoms with van der Waals surface area (Å²) in [6.45, 7) is 2.19. The fourth-order valence-electron chi connectivity index (χ4n) is 4.08. The highest BCUT2D eigenvalue weighted by molar-refractivity contribution is 6.35. The molecule has 1 saturated carbocycles. The molecule has 1 aliphatic carbocycles. The Bertz CT molecular complexity index is 1350. The highest BCUT2D eigenvalue weighted by atomic mass is 35.5. The number of amides is 1. The number of nitrogens with zero attached hydrogens (tertiary/aromatic N) is 3. The molecule has 2 N–H and O–H groups in total. The first-order chi connectivity index (χ1) is 15.4. The Morgan fingerprint density at radius 2 is 2.25 bits per heavy atom. The van der Waals surface area contributed by atoms with Gasteiger partial charge in [-0.15, -0.1) is 0 Å². The van der Waals surface area contributed by atoms with Gasteiger partial charge in [-0.25, -0.2) is 13.3 Å². The maximum atomic E-state index is 15.4. The number of aromatic amines is 1. The van der Waals surface area contributed by atoms with Gasteiger partial charge in [0.25, 0.3) is 0 Å². The number of benzene rings is 1. The number of hydrogen-bond acceptors (Lipinski definition) is 4. The standard InChI is InChI=1S/C22H20ClF2N5O2/c1-10(9-32-2)17-20(25)19(23)18(14-8-26-28-21(14)17)11-3-4-30-12(5-11)6-16(29-30)27-22(31)13-7-15(13)24/h3-6,8,10,13,15H,7,9H2,1-2H3,(H,26,28)(H,27,29,31)/t10?,13-,15+/m1/s1. The Hall–Kier alpha value is -3.04. The Labute approximate surface area is 186 Å². The number of carbonyl (C=O) groups excluding carboxylic acids is 1. The molecule has 5 rings (SSSR count). The van der Waals surface area contributed by atoms with Crippen LogP contribution in [0.3, 0.4) is 0 Å². The van der Waals surface area contributed by atoms with E-state index in [1.165, 1.54) is 0 Å². The molecule has 32 heavy (non-hydrogen) atoms. The maximum Gasteiger partial charge on any atom is 0.231 e. The van der Waals surface area contributed by atoms with Gasteiger partial charge in [0, 0.05) is 41.8 Å². The molecular weight excluding hydrogens is 440 g/mol. The van der Waals surface area contributed by atoms with Gasteiger partial charge in [0.1, 0.15) is 12.0 Å².